The molecule has 1 aliphatic carbocycles. The minimum atomic E-state index is -2.23. The van der Waals surface area contributed by atoms with Crippen molar-refractivity contribution in [1.29, 1.82) is 0 Å². The van der Waals surface area contributed by atoms with Crippen LogP contribution in [0.5, 0.6) is 5.75 Å². The second-order valence-electron chi connectivity index (χ2n) is 6.24. The summed E-state index contributed by atoms with van der Waals surface area (Å²) >= 11 is 0. The third kappa shape index (κ3) is 2.23. The van der Waals surface area contributed by atoms with E-state index in [4.69, 9.17) is 9.05 Å². The van der Waals surface area contributed by atoms with Crippen LogP contribution < -0.4 is 15.0 Å². The van der Waals surface area contributed by atoms with Crippen LogP contribution in [0.4, 0.5) is 0 Å². The van der Waals surface area contributed by atoms with Crippen LogP contribution in [-0.4, -0.2) is 15.8 Å². The molecular weight excluding hydrogens is 335 g/mol. The highest BCUT2D eigenvalue weighted by Gasteiger charge is 2.43. The molecule has 4 nitrogen and oxygen atoms in total. The van der Waals surface area contributed by atoms with E-state index in [1.54, 1.807) is 0 Å². The lowest BCUT2D eigenvalue weighted by Gasteiger charge is -2.30. The summed E-state index contributed by atoms with van der Waals surface area (Å²) in [6, 6.07) is 19.6. The Morgan fingerprint density at radius 2 is 1.76 bits per heavy atom. The smallest absolute Gasteiger partial charge is 0.397 e. The van der Waals surface area contributed by atoms with Crippen LogP contribution in [0, 0.1) is 0 Å². The van der Waals surface area contributed by atoms with Gasteiger partial charge in [-0.2, -0.15) is 0 Å². The molecule has 1 heterocycles. The number of hydrogen-bond donors (Lipinski definition) is 2. The maximum absolute atomic E-state index is 11.3. The standard InChI is InChI=1S/C20H15O4P/c21-20-12-11-14-6-2-4-8-16(14)19(20)18-15-7-3-1-5-13(15)9-10-17(18)23-25(22)24-20/h1-11,21-22H,12H2/t20-,25?/m0/s1. The van der Waals surface area contributed by atoms with Crippen LogP contribution in [0.25, 0.3) is 22.4 Å². The summed E-state index contributed by atoms with van der Waals surface area (Å²) in [6.07, 6.45) is 2.18. The Morgan fingerprint density at radius 1 is 0.960 bits per heavy atom. The normalized spacial score (nSPS) is 24.4. The Morgan fingerprint density at radius 3 is 2.68 bits per heavy atom. The van der Waals surface area contributed by atoms with Gasteiger partial charge < -0.3 is 14.5 Å². The molecule has 0 fully saturated rings. The van der Waals surface area contributed by atoms with E-state index in [-0.39, 0.29) is 6.42 Å². The molecule has 0 saturated carbocycles. The van der Waals surface area contributed by atoms with Crippen molar-refractivity contribution < 1.29 is 19.0 Å². The first-order chi connectivity index (χ1) is 12.2. The molecule has 3 aromatic rings. The third-order valence-electron chi connectivity index (χ3n) is 4.77. The van der Waals surface area contributed by atoms with Crippen LogP contribution in [0.15, 0.2) is 60.7 Å². The molecule has 0 saturated heterocycles. The summed E-state index contributed by atoms with van der Waals surface area (Å²) in [7, 11) is -2.23. The van der Waals surface area contributed by atoms with Crippen molar-refractivity contribution in [2.75, 3.05) is 0 Å². The molecule has 3 aromatic carbocycles. The summed E-state index contributed by atoms with van der Waals surface area (Å²) in [5.74, 6) is -1.10. The molecule has 5 heteroatoms. The van der Waals surface area contributed by atoms with Crippen molar-refractivity contribution in [3.05, 3.63) is 76.7 Å². The zero-order valence-corrected chi connectivity index (χ0v) is 14.1. The molecule has 2 atom stereocenters. The SMILES string of the molecule is OP1Oc2ccc3ccccc3c2C2=c3ccccc3=CC[C@]2(O)O1. The van der Waals surface area contributed by atoms with Gasteiger partial charge >= 0.3 is 8.60 Å². The first kappa shape index (κ1) is 15.1. The van der Waals surface area contributed by atoms with E-state index in [0.717, 1.165) is 26.8 Å². The van der Waals surface area contributed by atoms with E-state index < -0.39 is 14.4 Å². The molecule has 124 valence electrons. The lowest BCUT2D eigenvalue weighted by atomic mass is 9.85. The minimum absolute atomic E-state index is 0.255. The number of fused-ring (bicyclic) bond motifs is 6. The van der Waals surface area contributed by atoms with Crippen LogP contribution in [0.3, 0.4) is 0 Å². The average Bonchev–Trinajstić information content (AvgIpc) is 2.74. The third-order valence-corrected chi connectivity index (χ3v) is 5.58. The Kier molecular flexibility index (Phi) is 3.24. The van der Waals surface area contributed by atoms with Gasteiger partial charge in [0.25, 0.3) is 0 Å². The van der Waals surface area contributed by atoms with Gasteiger partial charge in [-0.25, -0.2) is 0 Å². The highest BCUT2D eigenvalue weighted by molar-refractivity contribution is 7.41. The summed E-state index contributed by atoms with van der Waals surface area (Å²) < 4.78 is 11.2. The Balaban J connectivity index is 2.02. The molecular formula is C20H15O4P. The van der Waals surface area contributed by atoms with Crippen LogP contribution in [0.1, 0.15) is 12.0 Å². The maximum Gasteiger partial charge on any atom is 0.397 e. The largest absolute Gasteiger partial charge is 0.426 e. The van der Waals surface area contributed by atoms with E-state index in [0.29, 0.717) is 11.3 Å². The topological polar surface area (TPSA) is 58.9 Å². The van der Waals surface area contributed by atoms with Gasteiger partial charge in [-0.3, -0.25) is 4.52 Å². The van der Waals surface area contributed by atoms with Crippen molar-refractivity contribution in [3.63, 3.8) is 0 Å². The number of rotatable bonds is 0. The van der Waals surface area contributed by atoms with Gasteiger partial charge in [0.1, 0.15) is 5.75 Å². The lowest BCUT2D eigenvalue weighted by Crippen LogP contribution is -2.43. The van der Waals surface area contributed by atoms with E-state index >= 15 is 0 Å². The van der Waals surface area contributed by atoms with Gasteiger partial charge in [0, 0.05) is 17.6 Å². The minimum Gasteiger partial charge on any atom is -0.426 e. The first-order valence-corrected chi connectivity index (χ1v) is 9.19. The molecule has 1 aliphatic heterocycles. The molecule has 0 amide bonds. The van der Waals surface area contributed by atoms with Gasteiger partial charge in [-0.05, 0) is 27.3 Å². The van der Waals surface area contributed by atoms with Gasteiger partial charge in [0.15, 0.2) is 0 Å². The van der Waals surface area contributed by atoms with Crippen molar-refractivity contribution in [2.24, 2.45) is 0 Å². The average molecular weight is 350 g/mol. The molecule has 0 bridgehead atoms. The summed E-state index contributed by atoms with van der Waals surface area (Å²) in [5, 5.41) is 15.2. The van der Waals surface area contributed by atoms with Crippen molar-refractivity contribution in [2.45, 2.75) is 12.2 Å². The molecule has 1 unspecified atom stereocenters. The predicted octanol–water partition coefficient (Wildman–Crippen LogP) is 2.54. The number of aliphatic hydroxyl groups is 1. The van der Waals surface area contributed by atoms with Gasteiger partial charge in [0.05, 0.1) is 0 Å². The van der Waals surface area contributed by atoms with Crippen LogP contribution in [-0.2, 0) is 4.52 Å². The van der Waals surface area contributed by atoms with Gasteiger partial charge in [-0.1, -0.05) is 60.7 Å². The fraction of sp³-hybridized carbons (Fsp3) is 0.100. The number of benzene rings is 3. The van der Waals surface area contributed by atoms with Crippen LogP contribution >= 0.6 is 8.60 Å². The van der Waals surface area contributed by atoms with E-state index in [9.17, 15) is 10.00 Å². The van der Waals surface area contributed by atoms with Crippen molar-refractivity contribution in [3.8, 4) is 5.75 Å². The lowest BCUT2D eigenvalue weighted by molar-refractivity contribution is -0.0826. The second-order valence-corrected chi connectivity index (χ2v) is 7.08. The van der Waals surface area contributed by atoms with E-state index in [2.05, 4.69) is 0 Å². The molecule has 25 heavy (non-hydrogen) atoms. The highest BCUT2D eigenvalue weighted by Crippen LogP contribution is 2.52. The van der Waals surface area contributed by atoms with E-state index in [1.807, 2.05) is 66.7 Å². The monoisotopic (exact) mass is 350 g/mol. The predicted molar refractivity (Wildman–Crippen MR) is 97.0 cm³/mol. The summed E-state index contributed by atoms with van der Waals surface area (Å²) in [6.45, 7) is 0. The Bertz CT molecular complexity index is 1120. The fourth-order valence-electron chi connectivity index (χ4n) is 3.69. The Hall–Kier alpha value is -2.23. The molecule has 2 N–H and O–H groups in total. The van der Waals surface area contributed by atoms with E-state index in [1.165, 1.54) is 0 Å². The van der Waals surface area contributed by atoms with Crippen molar-refractivity contribution in [1.82, 2.24) is 0 Å². The zero-order chi connectivity index (χ0) is 17.0. The molecule has 2 aliphatic rings. The molecule has 0 spiro atoms. The first-order valence-electron chi connectivity index (χ1n) is 8.06. The maximum atomic E-state index is 11.3. The second kappa shape index (κ2) is 5.38. The molecule has 5 rings (SSSR count). The number of hydrogen-bond acceptors (Lipinski definition) is 4. The van der Waals surface area contributed by atoms with Gasteiger partial charge in [-0.15, -0.1) is 0 Å². The Labute approximate surface area is 145 Å². The van der Waals surface area contributed by atoms with Crippen LogP contribution in [0.2, 0.25) is 0 Å². The summed E-state index contributed by atoms with van der Waals surface area (Å²) in [4.78, 5) is 10.2. The van der Waals surface area contributed by atoms with Gasteiger partial charge in [0.2, 0.25) is 5.79 Å². The van der Waals surface area contributed by atoms with Crippen molar-refractivity contribution >= 4 is 31.0 Å². The summed E-state index contributed by atoms with van der Waals surface area (Å²) in [5.41, 5.74) is 1.43. The fourth-order valence-corrected chi connectivity index (χ4v) is 4.48. The highest BCUT2D eigenvalue weighted by atomic mass is 31.2. The molecule has 0 aromatic heterocycles. The molecule has 0 radical (unpaired) electrons. The quantitative estimate of drug-likeness (QED) is 0.612. The zero-order valence-electron chi connectivity index (χ0n) is 13.2.